The second-order valence-electron chi connectivity index (χ2n) is 10.3. The van der Waals surface area contributed by atoms with Crippen LogP contribution in [-0.2, 0) is 45.4 Å². The summed E-state index contributed by atoms with van der Waals surface area (Å²) in [5, 5.41) is 40.9. The normalized spacial score (nSPS) is 13.7. The largest absolute Gasteiger partial charge is 0.388 e. The summed E-state index contributed by atoms with van der Waals surface area (Å²) in [4.78, 5) is 0. The Hall–Kier alpha value is -4.38. The first-order valence-electron chi connectivity index (χ1n) is 14.4. The molecule has 2 N–H and O–H groups in total. The molecular weight excluding hydrogens is 556 g/mol. The van der Waals surface area contributed by atoms with Gasteiger partial charge in [-0.05, 0) is 46.5 Å². The molecule has 0 spiro atoms. The summed E-state index contributed by atoms with van der Waals surface area (Å²) in [7, 11) is 0. The third-order valence-electron chi connectivity index (χ3n) is 6.99. The van der Waals surface area contributed by atoms with Crippen LogP contribution < -0.4 is 0 Å². The number of nitrogens with zero attached hydrogens (tertiary/aromatic N) is 2. The summed E-state index contributed by atoms with van der Waals surface area (Å²) in [6.07, 6.45) is -4.49. The van der Waals surface area contributed by atoms with E-state index in [2.05, 4.69) is 12.1 Å². The fourth-order valence-electron chi connectivity index (χ4n) is 4.42. The number of aliphatic hydroxyl groups excluding tert-OH is 2. The van der Waals surface area contributed by atoms with E-state index in [0.29, 0.717) is 11.1 Å². The van der Waals surface area contributed by atoms with Gasteiger partial charge in [0, 0.05) is 0 Å². The Morgan fingerprint density at radius 2 is 0.818 bits per heavy atom. The number of hydrogen-bond acceptors (Lipinski definition) is 8. The van der Waals surface area contributed by atoms with Gasteiger partial charge in [0.15, 0.2) is 0 Å². The molecule has 0 aliphatic carbocycles. The van der Waals surface area contributed by atoms with Crippen molar-refractivity contribution in [3.8, 4) is 12.1 Å². The third-order valence-corrected chi connectivity index (χ3v) is 6.99. The molecule has 226 valence electrons. The van der Waals surface area contributed by atoms with Crippen molar-refractivity contribution in [1.29, 1.82) is 10.5 Å². The van der Waals surface area contributed by atoms with Crippen molar-refractivity contribution in [3.63, 3.8) is 0 Å². The van der Waals surface area contributed by atoms with Crippen molar-refractivity contribution >= 4 is 0 Å². The fourth-order valence-corrected chi connectivity index (χ4v) is 4.42. The van der Waals surface area contributed by atoms with Crippen LogP contribution >= 0.6 is 0 Å². The van der Waals surface area contributed by atoms with Gasteiger partial charge >= 0.3 is 0 Å². The van der Waals surface area contributed by atoms with Gasteiger partial charge in [0.25, 0.3) is 0 Å². The molecular formula is C36H36N2O6. The number of rotatable bonds is 17. The molecule has 44 heavy (non-hydrogen) atoms. The van der Waals surface area contributed by atoms with E-state index in [1.54, 1.807) is 24.3 Å². The van der Waals surface area contributed by atoms with E-state index < -0.39 is 24.4 Å². The van der Waals surface area contributed by atoms with Gasteiger partial charge in [0.1, 0.15) is 24.4 Å². The standard InChI is InChI=1S/C36H36N2O6/c37-19-27-11-15-31(16-12-27)21-41-25-33(43-23-29-7-3-1-4-8-29)35(39)36(40)34(44-24-30-9-5-2-6-10-30)26-42-22-32-17-13-28(20-38)14-18-32/h1-18,33-36,39-40H,21-26H2/t33-,34-,35-,36-/m1/s1. The van der Waals surface area contributed by atoms with Crippen LogP contribution in [0.4, 0.5) is 0 Å². The van der Waals surface area contributed by atoms with Crippen molar-refractivity contribution in [2.45, 2.75) is 50.8 Å². The molecule has 8 nitrogen and oxygen atoms in total. The molecule has 0 saturated carbocycles. The van der Waals surface area contributed by atoms with Crippen LogP contribution in [-0.4, -0.2) is 47.8 Å². The monoisotopic (exact) mass is 592 g/mol. The summed E-state index contributed by atoms with van der Waals surface area (Å²) in [6, 6.07) is 37.4. The Balaban J connectivity index is 1.43. The van der Waals surface area contributed by atoms with Gasteiger partial charge in [-0.15, -0.1) is 0 Å². The average Bonchev–Trinajstić information content (AvgIpc) is 3.08. The van der Waals surface area contributed by atoms with E-state index in [4.69, 9.17) is 29.5 Å². The molecule has 8 heteroatoms. The Morgan fingerprint density at radius 1 is 0.477 bits per heavy atom. The first-order chi connectivity index (χ1) is 21.6. The van der Waals surface area contributed by atoms with Gasteiger partial charge in [-0.25, -0.2) is 0 Å². The van der Waals surface area contributed by atoms with Crippen LogP contribution in [0.5, 0.6) is 0 Å². The second-order valence-corrected chi connectivity index (χ2v) is 10.3. The molecule has 4 atom stereocenters. The molecule has 0 saturated heterocycles. The van der Waals surface area contributed by atoms with Gasteiger partial charge in [-0.1, -0.05) is 84.9 Å². The van der Waals surface area contributed by atoms with Gasteiger partial charge < -0.3 is 29.2 Å². The summed E-state index contributed by atoms with van der Waals surface area (Å²) in [5.74, 6) is 0. The SMILES string of the molecule is N#Cc1ccc(COC[C@@H](OCc2ccccc2)[C@@H](O)[C@H](O)[C@@H](COCc2ccc(C#N)cc2)OCc2ccccc2)cc1. The van der Waals surface area contributed by atoms with Gasteiger partial charge in [-0.2, -0.15) is 10.5 Å². The van der Waals surface area contributed by atoms with Crippen LogP contribution in [0.3, 0.4) is 0 Å². The zero-order valence-electron chi connectivity index (χ0n) is 24.4. The maximum Gasteiger partial charge on any atom is 0.111 e. The van der Waals surface area contributed by atoms with E-state index in [9.17, 15) is 10.2 Å². The van der Waals surface area contributed by atoms with Crippen molar-refractivity contribution in [1.82, 2.24) is 0 Å². The Bertz CT molecular complexity index is 1350. The van der Waals surface area contributed by atoms with E-state index in [1.165, 1.54) is 0 Å². The Morgan fingerprint density at radius 3 is 1.16 bits per heavy atom. The lowest BCUT2D eigenvalue weighted by atomic mass is 10.0. The lowest BCUT2D eigenvalue weighted by molar-refractivity contribution is -0.170. The molecule has 0 aliphatic rings. The lowest BCUT2D eigenvalue weighted by Crippen LogP contribution is -2.49. The molecule has 0 unspecified atom stereocenters. The summed E-state index contributed by atoms with van der Waals surface area (Å²) in [6.45, 7) is 0.897. The van der Waals surface area contributed by atoms with Crippen LogP contribution in [0.1, 0.15) is 33.4 Å². The minimum atomic E-state index is -1.36. The second kappa shape index (κ2) is 17.7. The number of benzene rings is 4. The predicted octanol–water partition coefficient (Wildman–Crippen LogP) is 5.06. The molecule has 4 aromatic rings. The molecule has 0 fully saturated rings. The Labute approximate surface area is 258 Å². The van der Waals surface area contributed by atoms with Crippen molar-refractivity contribution in [2.75, 3.05) is 13.2 Å². The topological polar surface area (TPSA) is 125 Å². The van der Waals surface area contributed by atoms with Crippen molar-refractivity contribution in [2.24, 2.45) is 0 Å². The molecule has 0 amide bonds. The highest BCUT2D eigenvalue weighted by atomic mass is 16.6. The molecule has 0 heterocycles. The first-order valence-corrected chi connectivity index (χ1v) is 14.4. The number of ether oxygens (including phenoxy) is 4. The highest BCUT2D eigenvalue weighted by molar-refractivity contribution is 5.32. The molecule has 0 bridgehead atoms. The number of aliphatic hydroxyl groups is 2. The smallest absolute Gasteiger partial charge is 0.111 e. The zero-order chi connectivity index (χ0) is 31.0. The fraction of sp³-hybridized carbons (Fsp3) is 0.278. The first kappa shape index (κ1) is 32.5. The minimum absolute atomic E-state index is 0.00255. The molecule has 0 radical (unpaired) electrons. The van der Waals surface area contributed by atoms with E-state index in [1.807, 2.05) is 84.9 Å². The minimum Gasteiger partial charge on any atom is -0.388 e. The third kappa shape index (κ3) is 10.4. The number of nitriles is 2. The predicted molar refractivity (Wildman–Crippen MR) is 164 cm³/mol. The van der Waals surface area contributed by atoms with E-state index in [0.717, 1.165) is 22.3 Å². The van der Waals surface area contributed by atoms with Gasteiger partial charge in [-0.3, -0.25) is 0 Å². The van der Waals surface area contributed by atoms with Crippen LogP contribution in [0, 0.1) is 22.7 Å². The van der Waals surface area contributed by atoms with Gasteiger partial charge in [0.2, 0.25) is 0 Å². The van der Waals surface area contributed by atoms with E-state index in [-0.39, 0.29) is 39.6 Å². The maximum absolute atomic E-state index is 11.4. The van der Waals surface area contributed by atoms with Crippen molar-refractivity contribution < 1.29 is 29.2 Å². The summed E-state index contributed by atoms with van der Waals surface area (Å²) < 4.78 is 24.0. The quantitative estimate of drug-likeness (QED) is 0.174. The van der Waals surface area contributed by atoms with Crippen LogP contribution in [0.25, 0.3) is 0 Å². The van der Waals surface area contributed by atoms with Gasteiger partial charge in [0.05, 0.1) is 62.9 Å². The lowest BCUT2D eigenvalue weighted by Gasteiger charge is -2.32. The molecule has 0 aliphatic heterocycles. The molecule has 0 aromatic heterocycles. The van der Waals surface area contributed by atoms with Crippen LogP contribution in [0.15, 0.2) is 109 Å². The number of hydrogen-bond donors (Lipinski definition) is 2. The molecule has 4 rings (SSSR count). The van der Waals surface area contributed by atoms with Crippen molar-refractivity contribution in [3.05, 3.63) is 143 Å². The highest BCUT2D eigenvalue weighted by Crippen LogP contribution is 2.18. The molecule has 4 aromatic carbocycles. The maximum atomic E-state index is 11.4. The van der Waals surface area contributed by atoms with E-state index >= 15 is 0 Å². The zero-order valence-corrected chi connectivity index (χ0v) is 24.4. The highest BCUT2D eigenvalue weighted by Gasteiger charge is 2.34. The summed E-state index contributed by atoms with van der Waals surface area (Å²) in [5.41, 5.74) is 4.66. The summed E-state index contributed by atoms with van der Waals surface area (Å²) >= 11 is 0. The Kier molecular flexibility index (Phi) is 13.1. The van der Waals surface area contributed by atoms with Crippen LogP contribution in [0.2, 0.25) is 0 Å². The average molecular weight is 593 g/mol.